The summed E-state index contributed by atoms with van der Waals surface area (Å²) in [5.74, 6) is -0.250. The van der Waals surface area contributed by atoms with E-state index in [0.29, 0.717) is 11.3 Å². The highest BCUT2D eigenvalue weighted by Gasteiger charge is 2.25. The van der Waals surface area contributed by atoms with Crippen molar-refractivity contribution >= 4 is 16.8 Å². The summed E-state index contributed by atoms with van der Waals surface area (Å²) in [6.45, 7) is 1.75. The largest absolute Gasteiger partial charge is 0.383 e. The standard InChI is InChI=1S/C16H18N4O2/c1-16(22,12-8-18-20(2)9-12)10-17-15(21)14-7-11-5-3-4-6-13(11)19-14/h3-9,19,22H,10H2,1-2H3,(H,17,21)/t16-/m0/s1. The van der Waals surface area contributed by atoms with Gasteiger partial charge in [-0.2, -0.15) is 5.10 Å². The molecular formula is C16H18N4O2. The molecule has 0 saturated carbocycles. The van der Waals surface area contributed by atoms with Crippen molar-refractivity contribution in [2.24, 2.45) is 7.05 Å². The lowest BCUT2D eigenvalue weighted by Gasteiger charge is -2.22. The fourth-order valence-corrected chi connectivity index (χ4v) is 2.34. The smallest absolute Gasteiger partial charge is 0.267 e. The van der Waals surface area contributed by atoms with Crippen LogP contribution in [0.4, 0.5) is 0 Å². The van der Waals surface area contributed by atoms with Crippen LogP contribution >= 0.6 is 0 Å². The van der Waals surface area contributed by atoms with Gasteiger partial charge in [-0.3, -0.25) is 9.48 Å². The first kappa shape index (κ1) is 14.3. The summed E-state index contributed by atoms with van der Waals surface area (Å²) in [7, 11) is 1.78. The van der Waals surface area contributed by atoms with Gasteiger partial charge in [-0.25, -0.2) is 0 Å². The Hall–Kier alpha value is -2.60. The molecule has 0 aliphatic carbocycles. The van der Waals surface area contributed by atoms with Crippen molar-refractivity contribution in [3.63, 3.8) is 0 Å². The maximum atomic E-state index is 12.2. The van der Waals surface area contributed by atoms with Crippen LogP contribution in [0.2, 0.25) is 0 Å². The zero-order valence-electron chi connectivity index (χ0n) is 12.5. The predicted octanol–water partition coefficient (Wildman–Crippen LogP) is 1.54. The molecule has 1 amide bonds. The molecule has 0 radical (unpaired) electrons. The van der Waals surface area contributed by atoms with Crippen LogP contribution in [-0.4, -0.2) is 32.3 Å². The molecular weight excluding hydrogens is 280 g/mol. The van der Waals surface area contributed by atoms with E-state index in [1.165, 1.54) is 0 Å². The van der Waals surface area contributed by atoms with E-state index in [9.17, 15) is 9.90 Å². The summed E-state index contributed by atoms with van der Waals surface area (Å²) in [5, 5.41) is 18.2. The first-order valence-corrected chi connectivity index (χ1v) is 7.03. The third-order valence-electron chi connectivity index (χ3n) is 3.69. The minimum atomic E-state index is -1.17. The second-order valence-corrected chi connectivity index (χ2v) is 5.63. The number of amides is 1. The average molecular weight is 298 g/mol. The normalized spacial score (nSPS) is 14.0. The lowest BCUT2D eigenvalue weighted by Crippen LogP contribution is -2.38. The van der Waals surface area contributed by atoms with E-state index in [2.05, 4.69) is 15.4 Å². The Morgan fingerprint density at radius 3 is 2.91 bits per heavy atom. The van der Waals surface area contributed by atoms with E-state index in [1.54, 1.807) is 37.1 Å². The van der Waals surface area contributed by atoms with Gasteiger partial charge in [-0.15, -0.1) is 0 Å². The number of para-hydroxylation sites is 1. The summed E-state index contributed by atoms with van der Waals surface area (Å²) in [4.78, 5) is 15.3. The monoisotopic (exact) mass is 298 g/mol. The van der Waals surface area contributed by atoms with Gasteiger partial charge in [-0.1, -0.05) is 18.2 Å². The molecule has 3 aromatic rings. The van der Waals surface area contributed by atoms with Crippen LogP contribution in [0.3, 0.4) is 0 Å². The number of benzene rings is 1. The molecule has 0 fully saturated rings. The zero-order valence-corrected chi connectivity index (χ0v) is 12.5. The number of aliphatic hydroxyl groups is 1. The molecule has 0 saturated heterocycles. The highest BCUT2D eigenvalue weighted by atomic mass is 16.3. The van der Waals surface area contributed by atoms with E-state index < -0.39 is 5.60 Å². The third-order valence-corrected chi connectivity index (χ3v) is 3.69. The molecule has 0 bridgehead atoms. The van der Waals surface area contributed by atoms with Crippen molar-refractivity contribution in [2.75, 3.05) is 6.54 Å². The highest BCUT2D eigenvalue weighted by Crippen LogP contribution is 2.19. The summed E-state index contributed by atoms with van der Waals surface area (Å²) >= 11 is 0. The third kappa shape index (κ3) is 2.73. The van der Waals surface area contributed by atoms with E-state index >= 15 is 0 Å². The molecule has 0 unspecified atom stereocenters. The number of carbonyl (C=O) groups is 1. The van der Waals surface area contributed by atoms with Crippen molar-refractivity contribution in [2.45, 2.75) is 12.5 Å². The molecule has 6 heteroatoms. The van der Waals surface area contributed by atoms with Gasteiger partial charge in [0.1, 0.15) is 11.3 Å². The number of nitrogens with zero attached hydrogens (tertiary/aromatic N) is 2. The predicted molar refractivity (Wildman–Crippen MR) is 83.4 cm³/mol. The minimum Gasteiger partial charge on any atom is -0.383 e. The summed E-state index contributed by atoms with van der Waals surface area (Å²) in [5.41, 5.74) is 0.873. The Morgan fingerprint density at radius 1 is 1.45 bits per heavy atom. The molecule has 6 nitrogen and oxygen atoms in total. The maximum Gasteiger partial charge on any atom is 0.267 e. The van der Waals surface area contributed by atoms with Crippen LogP contribution in [0.1, 0.15) is 23.0 Å². The van der Waals surface area contributed by atoms with Crippen molar-refractivity contribution < 1.29 is 9.90 Å². The highest BCUT2D eigenvalue weighted by molar-refractivity contribution is 5.98. The second-order valence-electron chi connectivity index (χ2n) is 5.63. The molecule has 0 spiro atoms. The van der Waals surface area contributed by atoms with Gasteiger partial charge in [-0.05, 0) is 19.1 Å². The number of nitrogens with one attached hydrogen (secondary N) is 2. The van der Waals surface area contributed by atoms with E-state index in [0.717, 1.165) is 10.9 Å². The van der Waals surface area contributed by atoms with Gasteiger partial charge in [0.25, 0.3) is 5.91 Å². The summed E-state index contributed by atoms with van der Waals surface area (Å²) < 4.78 is 1.61. The second kappa shape index (κ2) is 5.31. The van der Waals surface area contributed by atoms with Crippen molar-refractivity contribution in [3.8, 4) is 0 Å². The van der Waals surface area contributed by atoms with Crippen LogP contribution < -0.4 is 5.32 Å². The van der Waals surface area contributed by atoms with Gasteiger partial charge < -0.3 is 15.4 Å². The number of hydrogen-bond acceptors (Lipinski definition) is 3. The van der Waals surface area contributed by atoms with Crippen LogP contribution in [-0.2, 0) is 12.6 Å². The number of hydrogen-bond donors (Lipinski definition) is 3. The number of carbonyl (C=O) groups excluding carboxylic acids is 1. The van der Waals surface area contributed by atoms with Gasteiger partial charge in [0.05, 0.1) is 12.7 Å². The minimum absolute atomic E-state index is 0.104. The van der Waals surface area contributed by atoms with Crippen LogP contribution in [0.15, 0.2) is 42.7 Å². The molecule has 2 aromatic heterocycles. The molecule has 0 aliphatic heterocycles. The topological polar surface area (TPSA) is 82.9 Å². The molecule has 2 heterocycles. The summed E-state index contributed by atoms with van der Waals surface area (Å²) in [6.07, 6.45) is 3.32. The SMILES string of the molecule is Cn1cc([C@@](C)(O)CNC(=O)c2cc3ccccc3[nH]2)cn1. The Labute approximate surface area is 127 Å². The average Bonchev–Trinajstić information content (AvgIpc) is 3.11. The van der Waals surface area contributed by atoms with Crippen molar-refractivity contribution in [3.05, 3.63) is 54.0 Å². The van der Waals surface area contributed by atoms with E-state index in [4.69, 9.17) is 0 Å². The molecule has 3 rings (SSSR count). The number of rotatable bonds is 4. The molecule has 114 valence electrons. The maximum absolute atomic E-state index is 12.2. The van der Waals surface area contributed by atoms with E-state index in [-0.39, 0.29) is 12.5 Å². The zero-order chi connectivity index (χ0) is 15.7. The lowest BCUT2D eigenvalue weighted by molar-refractivity contribution is 0.0524. The summed E-state index contributed by atoms with van der Waals surface area (Å²) in [6, 6.07) is 9.48. The van der Waals surface area contributed by atoms with Crippen LogP contribution in [0.25, 0.3) is 10.9 Å². The number of aromatic nitrogens is 3. The fraction of sp³-hybridized carbons (Fsp3) is 0.250. The number of H-pyrrole nitrogens is 1. The van der Waals surface area contributed by atoms with Gasteiger partial charge >= 0.3 is 0 Å². The quantitative estimate of drug-likeness (QED) is 0.683. The van der Waals surface area contributed by atoms with E-state index in [1.807, 2.05) is 24.3 Å². The molecule has 3 N–H and O–H groups in total. The molecule has 1 aromatic carbocycles. The fourth-order valence-electron chi connectivity index (χ4n) is 2.34. The Balaban J connectivity index is 1.71. The Morgan fingerprint density at radius 2 is 2.23 bits per heavy atom. The van der Waals surface area contributed by atoms with Gasteiger partial charge in [0, 0.05) is 29.7 Å². The first-order valence-electron chi connectivity index (χ1n) is 7.03. The first-order chi connectivity index (χ1) is 10.5. The number of aromatic amines is 1. The number of aryl methyl sites for hydroxylation is 1. The Kier molecular flexibility index (Phi) is 3.46. The molecule has 0 aliphatic rings. The molecule has 22 heavy (non-hydrogen) atoms. The number of fused-ring (bicyclic) bond motifs is 1. The van der Waals surface area contributed by atoms with Gasteiger partial charge in [0.2, 0.25) is 0 Å². The van der Waals surface area contributed by atoms with Crippen LogP contribution in [0, 0.1) is 0 Å². The lowest BCUT2D eigenvalue weighted by atomic mass is 10.00. The Bertz CT molecular complexity index is 783. The van der Waals surface area contributed by atoms with Crippen LogP contribution in [0.5, 0.6) is 0 Å². The van der Waals surface area contributed by atoms with Crippen molar-refractivity contribution in [1.82, 2.24) is 20.1 Å². The van der Waals surface area contributed by atoms with Gasteiger partial charge in [0.15, 0.2) is 0 Å². The molecule has 1 atom stereocenters. The van der Waals surface area contributed by atoms with Crippen molar-refractivity contribution in [1.29, 1.82) is 0 Å².